The molecule has 1 N–H and O–H groups in total. The van der Waals surface area contributed by atoms with Gasteiger partial charge >= 0.3 is 0 Å². The van der Waals surface area contributed by atoms with Gasteiger partial charge in [-0.3, -0.25) is 0 Å². The highest BCUT2D eigenvalue weighted by atomic mass is 32.2. The Balaban J connectivity index is 1.66. The maximum Gasteiger partial charge on any atom is 0.218 e. The van der Waals surface area contributed by atoms with E-state index < -0.39 is 15.3 Å². The van der Waals surface area contributed by atoms with E-state index in [0.717, 1.165) is 5.82 Å². The fourth-order valence-electron chi connectivity index (χ4n) is 2.24. The van der Waals surface area contributed by atoms with Gasteiger partial charge < -0.3 is 9.88 Å². The van der Waals surface area contributed by atoms with Gasteiger partial charge in [0.15, 0.2) is 0 Å². The van der Waals surface area contributed by atoms with E-state index in [-0.39, 0.29) is 0 Å². The second-order valence-corrected chi connectivity index (χ2v) is 7.66. The molecule has 19 heavy (non-hydrogen) atoms. The molecule has 0 amide bonds. The topological polar surface area (TPSA) is 80.1 Å². The summed E-state index contributed by atoms with van der Waals surface area (Å²) in [6.45, 7) is 3.75. The van der Waals surface area contributed by atoms with E-state index in [1.807, 2.05) is 4.57 Å². The van der Waals surface area contributed by atoms with Crippen LogP contribution < -0.4 is 5.32 Å². The molecule has 3 rings (SSSR count). The first-order valence-corrected chi connectivity index (χ1v) is 8.17. The standard InChI is InChI=1S/C11H19N5O2S/c1-9(6-12-10-2-3-10)19(17,18)16-5-4-15-8-13-14-11(15)7-16/h8-10,12H,2-7H2,1H3. The van der Waals surface area contributed by atoms with Crippen molar-refractivity contribution < 1.29 is 8.42 Å². The predicted molar refractivity (Wildman–Crippen MR) is 69.8 cm³/mol. The fourth-order valence-corrected chi connectivity index (χ4v) is 3.69. The summed E-state index contributed by atoms with van der Waals surface area (Å²) in [6, 6.07) is 0.530. The van der Waals surface area contributed by atoms with Crippen LogP contribution in [0.2, 0.25) is 0 Å². The van der Waals surface area contributed by atoms with Crippen molar-refractivity contribution in [2.45, 2.75) is 44.1 Å². The van der Waals surface area contributed by atoms with Crippen molar-refractivity contribution >= 4 is 10.0 Å². The molecular weight excluding hydrogens is 266 g/mol. The Morgan fingerprint density at radius 1 is 1.47 bits per heavy atom. The van der Waals surface area contributed by atoms with Crippen LogP contribution in [0.25, 0.3) is 0 Å². The zero-order valence-electron chi connectivity index (χ0n) is 11.0. The summed E-state index contributed by atoms with van der Waals surface area (Å²) in [6.07, 6.45) is 3.98. The lowest BCUT2D eigenvalue weighted by atomic mass is 10.4. The zero-order valence-corrected chi connectivity index (χ0v) is 11.8. The number of rotatable bonds is 5. The summed E-state index contributed by atoms with van der Waals surface area (Å²) in [7, 11) is -3.26. The van der Waals surface area contributed by atoms with Crippen LogP contribution >= 0.6 is 0 Å². The second-order valence-electron chi connectivity index (χ2n) is 5.31. The lowest BCUT2D eigenvalue weighted by Gasteiger charge is -2.29. The number of aromatic nitrogens is 3. The molecule has 1 fully saturated rings. The van der Waals surface area contributed by atoms with Crippen LogP contribution in [0.15, 0.2) is 6.33 Å². The maximum atomic E-state index is 12.5. The number of fused-ring (bicyclic) bond motifs is 1. The third-order valence-electron chi connectivity index (χ3n) is 3.74. The summed E-state index contributed by atoms with van der Waals surface area (Å²) in [5.74, 6) is 0.720. The minimum absolute atomic E-state index is 0.329. The normalized spacial score (nSPS) is 22.2. The van der Waals surface area contributed by atoms with Gasteiger partial charge in [-0.1, -0.05) is 0 Å². The Hall–Kier alpha value is -0.990. The molecule has 1 aliphatic heterocycles. The first kappa shape index (κ1) is 13.0. The van der Waals surface area contributed by atoms with E-state index in [1.165, 1.54) is 17.1 Å². The number of nitrogens with one attached hydrogen (secondary N) is 1. The maximum absolute atomic E-state index is 12.5. The van der Waals surface area contributed by atoms with E-state index in [1.54, 1.807) is 13.3 Å². The number of sulfonamides is 1. The van der Waals surface area contributed by atoms with E-state index in [9.17, 15) is 8.42 Å². The van der Waals surface area contributed by atoms with Crippen molar-refractivity contribution in [2.24, 2.45) is 0 Å². The van der Waals surface area contributed by atoms with Crippen LogP contribution in [-0.2, 0) is 23.1 Å². The van der Waals surface area contributed by atoms with E-state index in [4.69, 9.17) is 0 Å². The monoisotopic (exact) mass is 285 g/mol. The van der Waals surface area contributed by atoms with Gasteiger partial charge in [0.2, 0.25) is 10.0 Å². The third kappa shape index (κ3) is 2.65. The molecule has 0 bridgehead atoms. The Labute approximate surface area is 113 Å². The largest absolute Gasteiger partial charge is 0.315 e. The molecule has 0 radical (unpaired) electrons. The average Bonchev–Trinajstić information content (AvgIpc) is 3.10. The molecule has 106 valence electrons. The molecule has 8 heteroatoms. The molecule has 7 nitrogen and oxygen atoms in total. The van der Waals surface area contributed by atoms with Crippen molar-refractivity contribution in [2.75, 3.05) is 13.1 Å². The Bertz CT molecular complexity index is 551. The van der Waals surface area contributed by atoms with E-state index in [2.05, 4.69) is 15.5 Å². The first-order chi connectivity index (χ1) is 9.07. The molecule has 1 unspecified atom stereocenters. The Kier molecular flexibility index (Phi) is 3.32. The Morgan fingerprint density at radius 3 is 3.00 bits per heavy atom. The fraction of sp³-hybridized carbons (Fsp3) is 0.818. The van der Waals surface area contributed by atoms with Crippen molar-refractivity contribution in [3.05, 3.63) is 12.2 Å². The lowest BCUT2D eigenvalue weighted by Crippen LogP contribution is -2.45. The Morgan fingerprint density at radius 2 is 2.26 bits per heavy atom. The predicted octanol–water partition coefficient (Wildman–Crippen LogP) is -0.436. The van der Waals surface area contributed by atoms with Gasteiger partial charge in [0, 0.05) is 25.7 Å². The summed E-state index contributed by atoms with van der Waals surface area (Å²) < 4.78 is 28.4. The van der Waals surface area contributed by atoms with Gasteiger partial charge in [-0.15, -0.1) is 10.2 Å². The highest BCUT2D eigenvalue weighted by Gasteiger charge is 2.33. The minimum Gasteiger partial charge on any atom is -0.315 e. The minimum atomic E-state index is -3.26. The van der Waals surface area contributed by atoms with E-state index in [0.29, 0.717) is 32.2 Å². The van der Waals surface area contributed by atoms with Crippen LogP contribution in [0, 0.1) is 0 Å². The van der Waals surface area contributed by atoms with Crippen LogP contribution in [0.4, 0.5) is 0 Å². The average molecular weight is 285 g/mol. The highest BCUT2D eigenvalue weighted by molar-refractivity contribution is 7.89. The molecule has 1 aromatic heterocycles. The smallest absolute Gasteiger partial charge is 0.218 e. The van der Waals surface area contributed by atoms with Crippen LogP contribution in [0.5, 0.6) is 0 Å². The van der Waals surface area contributed by atoms with Crippen molar-refractivity contribution in [1.82, 2.24) is 24.4 Å². The van der Waals surface area contributed by atoms with Gasteiger partial charge in [-0.2, -0.15) is 4.31 Å². The molecule has 0 aromatic carbocycles. The van der Waals surface area contributed by atoms with Gasteiger partial charge in [0.05, 0.1) is 11.8 Å². The molecule has 0 saturated heterocycles. The molecule has 1 atom stereocenters. The quantitative estimate of drug-likeness (QED) is 0.793. The van der Waals surface area contributed by atoms with Crippen molar-refractivity contribution in [3.63, 3.8) is 0 Å². The lowest BCUT2D eigenvalue weighted by molar-refractivity contribution is 0.331. The van der Waals surface area contributed by atoms with Gasteiger partial charge in [-0.25, -0.2) is 8.42 Å². The van der Waals surface area contributed by atoms with E-state index >= 15 is 0 Å². The summed E-state index contributed by atoms with van der Waals surface area (Å²) in [5, 5.41) is 10.6. The first-order valence-electron chi connectivity index (χ1n) is 6.66. The molecule has 1 aromatic rings. The molecule has 2 heterocycles. The van der Waals surface area contributed by atoms with Crippen LogP contribution in [0.3, 0.4) is 0 Å². The van der Waals surface area contributed by atoms with Crippen molar-refractivity contribution in [1.29, 1.82) is 0 Å². The third-order valence-corrected chi connectivity index (χ3v) is 5.96. The second kappa shape index (κ2) is 4.84. The van der Waals surface area contributed by atoms with Gasteiger partial charge in [0.25, 0.3) is 0 Å². The van der Waals surface area contributed by atoms with Gasteiger partial charge in [-0.05, 0) is 19.8 Å². The number of hydrogen-bond donors (Lipinski definition) is 1. The summed E-state index contributed by atoms with van der Waals surface area (Å²) in [5.41, 5.74) is 0. The molecule has 1 saturated carbocycles. The molecular formula is C11H19N5O2S. The molecule has 2 aliphatic rings. The SMILES string of the molecule is CC(CNC1CC1)S(=O)(=O)N1CCn2cnnc2C1. The summed E-state index contributed by atoms with van der Waals surface area (Å²) >= 11 is 0. The van der Waals surface area contributed by atoms with Crippen LogP contribution in [0.1, 0.15) is 25.6 Å². The zero-order chi connectivity index (χ0) is 13.5. The molecule has 1 aliphatic carbocycles. The van der Waals surface area contributed by atoms with Gasteiger partial charge in [0.1, 0.15) is 12.2 Å². The molecule has 0 spiro atoms. The number of nitrogens with zero attached hydrogens (tertiary/aromatic N) is 4. The number of hydrogen-bond acceptors (Lipinski definition) is 5. The van der Waals surface area contributed by atoms with Crippen LogP contribution in [-0.4, -0.2) is 51.9 Å². The van der Waals surface area contributed by atoms with Crippen molar-refractivity contribution in [3.8, 4) is 0 Å². The highest BCUT2D eigenvalue weighted by Crippen LogP contribution is 2.20. The summed E-state index contributed by atoms with van der Waals surface area (Å²) in [4.78, 5) is 0.